The maximum absolute atomic E-state index is 12.6. The molecule has 2 aromatic rings. The Labute approximate surface area is 242 Å². The van der Waals surface area contributed by atoms with Crippen LogP contribution in [0.4, 0.5) is 4.39 Å². The van der Waals surface area contributed by atoms with Gasteiger partial charge in [0.2, 0.25) is 0 Å². The van der Waals surface area contributed by atoms with Crippen LogP contribution in [0.25, 0.3) is 0 Å². The van der Waals surface area contributed by atoms with Gasteiger partial charge in [0.05, 0.1) is 0 Å². The summed E-state index contributed by atoms with van der Waals surface area (Å²) in [5.41, 5.74) is 4.34. The zero-order valence-corrected chi connectivity index (χ0v) is 22.9. The van der Waals surface area contributed by atoms with Crippen LogP contribution in [0.5, 0.6) is 0 Å². The van der Waals surface area contributed by atoms with Gasteiger partial charge in [-0.05, 0) is 68.6 Å². The molecule has 0 N–H and O–H groups in total. The quantitative estimate of drug-likeness (QED) is 0.315. The molecule has 2 fully saturated rings. The lowest BCUT2D eigenvalue weighted by molar-refractivity contribution is 0.308. The summed E-state index contributed by atoms with van der Waals surface area (Å²) in [5.74, 6) is 3.96. The first-order valence-electron chi connectivity index (χ1n) is 13.3. The normalized spacial score (nSPS) is 21.0. The Balaban J connectivity index is -0.000000122. The topological polar surface area (TPSA) is 0 Å². The van der Waals surface area contributed by atoms with Crippen molar-refractivity contribution in [2.75, 3.05) is 0 Å². The number of rotatable bonds is 0. The number of benzene rings is 2. The predicted molar refractivity (Wildman–Crippen MR) is 179 cm³/mol. The third-order valence-corrected chi connectivity index (χ3v) is 7.15. The van der Waals surface area contributed by atoms with Crippen LogP contribution in [0.15, 0.2) is 42.5 Å². The Hall–Kier alpha value is -1.63. The van der Waals surface area contributed by atoms with Crippen LogP contribution in [-0.4, -0.2) is 0 Å². The van der Waals surface area contributed by atoms with Crippen LogP contribution in [-0.2, 0) is 0 Å². The molecular weight excluding hydrogens is 463 g/mol. The predicted octanol–water partition coefficient (Wildman–Crippen LogP) is 13.6. The van der Waals surface area contributed by atoms with Crippen molar-refractivity contribution in [1.29, 1.82) is 0 Å². The molecule has 0 aromatic heterocycles. The summed E-state index contributed by atoms with van der Waals surface area (Å²) in [6, 6.07) is 13.7. The van der Waals surface area contributed by atoms with Crippen LogP contribution in [0, 0.1) is 57.2 Å². The molecule has 4 rings (SSSR count). The zero-order valence-electron chi connectivity index (χ0n) is 22.9. The second kappa shape index (κ2) is 25.6. The number of hydrogen-bond acceptors (Lipinski definition) is 0. The lowest BCUT2D eigenvalue weighted by atomic mass is 9.84. The van der Waals surface area contributed by atoms with Crippen LogP contribution in [0.3, 0.4) is 0 Å². The molecule has 0 aliphatic heterocycles. The molecule has 2 aliphatic carbocycles. The summed E-state index contributed by atoms with van der Waals surface area (Å²) < 4.78 is 12.6. The summed E-state index contributed by atoms with van der Waals surface area (Å²) in [4.78, 5) is 0. The number of hydrogen-bond donors (Lipinski definition) is 0. The average molecular weight is 535 g/mol. The lowest BCUT2D eigenvalue weighted by Crippen LogP contribution is -2.08. The van der Waals surface area contributed by atoms with Gasteiger partial charge in [-0.2, -0.15) is 0 Å². The van der Waals surface area contributed by atoms with E-state index in [-0.39, 0.29) is 43.0 Å². The van der Waals surface area contributed by atoms with Gasteiger partial charge in [0.25, 0.3) is 0 Å². The third-order valence-electron chi connectivity index (χ3n) is 7.15. The Bertz CT molecular complexity index is 684. The van der Waals surface area contributed by atoms with Gasteiger partial charge in [-0.1, -0.05) is 164 Å². The second-order valence-corrected chi connectivity index (χ2v) is 11.1. The standard InChI is InChI=1S/C8H9F.2C8H16.C8H10.5CH4/c1-6-3-4-7(2)8(9)5-6;3*1-7-3-5-8(2)6-4-7;;;;;/h3-5H,1-2H3;2*7-8H,3-6H2,1-2H3;3-6H,1-2H3;5*1H4. The van der Waals surface area contributed by atoms with Gasteiger partial charge >= 0.3 is 0 Å². The first-order valence-corrected chi connectivity index (χ1v) is 13.3. The van der Waals surface area contributed by atoms with Gasteiger partial charge in [0.15, 0.2) is 0 Å². The molecule has 0 amide bonds. The molecule has 1 heteroatoms. The molecule has 0 spiro atoms. The van der Waals surface area contributed by atoms with E-state index < -0.39 is 0 Å². The second-order valence-electron chi connectivity index (χ2n) is 11.1. The Kier molecular flexibility index (Phi) is 31.2. The van der Waals surface area contributed by atoms with Gasteiger partial charge in [0, 0.05) is 0 Å². The summed E-state index contributed by atoms with van der Waals surface area (Å²) in [6.07, 6.45) is 11.8. The van der Waals surface area contributed by atoms with Crippen molar-refractivity contribution < 1.29 is 4.39 Å². The molecule has 0 heterocycles. The first-order chi connectivity index (χ1) is 15.6. The van der Waals surface area contributed by atoms with Gasteiger partial charge in [-0.15, -0.1) is 0 Å². The fourth-order valence-corrected chi connectivity index (χ4v) is 4.19. The number of aryl methyl sites for hydroxylation is 4. The molecule has 38 heavy (non-hydrogen) atoms. The van der Waals surface area contributed by atoms with E-state index in [2.05, 4.69) is 65.8 Å². The number of halogens is 1. The maximum Gasteiger partial charge on any atom is 0.126 e. The van der Waals surface area contributed by atoms with E-state index in [1.54, 1.807) is 13.0 Å². The van der Waals surface area contributed by atoms with Gasteiger partial charge in [-0.25, -0.2) is 4.39 Å². The van der Waals surface area contributed by atoms with E-state index in [9.17, 15) is 4.39 Å². The minimum Gasteiger partial charge on any atom is -0.207 e. The minimum absolute atomic E-state index is 0. The average Bonchev–Trinajstić information content (AvgIpc) is 2.79. The molecule has 0 nitrogen and oxygen atoms in total. The molecule has 0 bridgehead atoms. The van der Waals surface area contributed by atoms with E-state index >= 15 is 0 Å². The fourth-order valence-electron chi connectivity index (χ4n) is 4.19. The smallest absolute Gasteiger partial charge is 0.126 e. The third kappa shape index (κ3) is 22.4. The zero-order chi connectivity index (χ0) is 24.8. The van der Waals surface area contributed by atoms with E-state index in [1.807, 2.05) is 13.0 Å². The minimum atomic E-state index is -0.116. The molecule has 226 valence electrons. The highest BCUT2D eigenvalue weighted by Gasteiger charge is 2.13. The molecule has 0 unspecified atom stereocenters. The Morgan fingerprint density at radius 3 is 0.895 bits per heavy atom. The molecule has 0 saturated heterocycles. The van der Waals surface area contributed by atoms with Crippen molar-refractivity contribution in [2.24, 2.45) is 23.7 Å². The highest BCUT2D eigenvalue weighted by molar-refractivity contribution is 5.21. The van der Waals surface area contributed by atoms with Crippen LogP contribution >= 0.6 is 0 Å². The van der Waals surface area contributed by atoms with Crippen molar-refractivity contribution in [3.63, 3.8) is 0 Å². The molecular formula is C37H71F. The molecule has 2 aromatic carbocycles. The van der Waals surface area contributed by atoms with E-state index in [0.29, 0.717) is 5.56 Å². The van der Waals surface area contributed by atoms with E-state index in [0.717, 1.165) is 29.2 Å². The van der Waals surface area contributed by atoms with Gasteiger partial charge in [-0.3, -0.25) is 0 Å². The molecule has 0 radical (unpaired) electrons. The molecule has 0 atom stereocenters. The van der Waals surface area contributed by atoms with Crippen molar-refractivity contribution in [1.82, 2.24) is 0 Å². The van der Waals surface area contributed by atoms with E-state index in [1.165, 1.54) is 68.6 Å². The van der Waals surface area contributed by atoms with Crippen molar-refractivity contribution in [3.05, 3.63) is 70.5 Å². The highest BCUT2D eigenvalue weighted by atomic mass is 19.1. The monoisotopic (exact) mass is 535 g/mol. The Morgan fingerprint density at radius 1 is 0.447 bits per heavy atom. The lowest BCUT2D eigenvalue weighted by Gasteiger charge is -2.22. The SMILES string of the molecule is C.C.C.C.C.CC1CCC(C)CC1.CC1CCC(C)CC1.Cc1ccc(C)c(F)c1.Cc1ccc(C)cc1. The highest BCUT2D eigenvalue weighted by Crippen LogP contribution is 2.27. The molecule has 2 aliphatic rings. The summed E-state index contributed by atoms with van der Waals surface area (Å²) >= 11 is 0. The first kappa shape index (κ1) is 46.2. The van der Waals surface area contributed by atoms with Gasteiger partial charge in [0.1, 0.15) is 5.82 Å². The Morgan fingerprint density at radius 2 is 0.684 bits per heavy atom. The maximum atomic E-state index is 12.6. The summed E-state index contributed by atoms with van der Waals surface area (Å²) in [7, 11) is 0. The van der Waals surface area contributed by atoms with Crippen molar-refractivity contribution >= 4 is 0 Å². The van der Waals surface area contributed by atoms with Crippen molar-refractivity contribution in [3.8, 4) is 0 Å². The largest absolute Gasteiger partial charge is 0.207 e. The van der Waals surface area contributed by atoms with E-state index in [4.69, 9.17) is 0 Å². The summed E-state index contributed by atoms with van der Waals surface area (Å²) in [5, 5.41) is 0. The summed E-state index contributed by atoms with van der Waals surface area (Å²) in [6.45, 7) is 17.3. The van der Waals surface area contributed by atoms with Crippen LogP contribution in [0.1, 0.15) is 138 Å². The fraction of sp³-hybridized carbons (Fsp3) is 0.676. The molecule has 2 saturated carbocycles. The van der Waals surface area contributed by atoms with Crippen LogP contribution < -0.4 is 0 Å². The van der Waals surface area contributed by atoms with Crippen molar-refractivity contribution in [2.45, 2.75) is 144 Å². The van der Waals surface area contributed by atoms with Gasteiger partial charge < -0.3 is 0 Å². The van der Waals surface area contributed by atoms with Crippen LogP contribution in [0.2, 0.25) is 0 Å².